The minimum absolute atomic E-state index is 0.0344. The largest absolute Gasteiger partial charge is 0.507 e. The molecule has 0 saturated carbocycles. The minimum Gasteiger partial charge on any atom is -0.507 e. The minimum atomic E-state index is -0.835. The molecule has 9 heteroatoms. The van der Waals surface area contributed by atoms with Crippen molar-refractivity contribution in [2.24, 2.45) is 0 Å². The van der Waals surface area contributed by atoms with Crippen molar-refractivity contribution < 1.29 is 23.8 Å². The number of amides is 1. The highest BCUT2D eigenvalue weighted by Gasteiger charge is 2.47. The first-order valence-electron chi connectivity index (χ1n) is 10.2. The van der Waals surface area contributed by atoms with Crippen molar-refractivity contribution in [1.82, 2.24) is 14.5 Å². The van der Waals surface area contributed by atoms with Gasteiger partial charge in [0.05, 0.1) is 29.8 Å². The summed E-state index contributed by atoms with van der Waals surface area (Å²) in [5, 5.41) is 11.3. The summed E-state index contributed by atoms with van der Waals surface area (Å²) in [6.45, 7) is 3.20. The summed E-state index contributed by atoms with van der Waals surface area (Å²) in [6.07, 6.45) is 7.25. The Balaban J connectivity index is 1.68. The van der Waals surface area contributed by atoms with E-state index < -0.39 is 17.7 Å². The predicted octanol–water partition coefficient (Wildman–Crippen LogP) is 4.04. The van der Waals surface area contributed by atoms with Gasteiger partial charge in [-0.2, -0.15) is 0 Å². The second kappa shape index (κ2) is 9.32. The summed E-state index contributed by atoms with van der Waals surface area (Å²) in [5.74, 6) is -0.905. The highest BCUT2D eigenvalue weighted by atomic mass is 35.5. The second-order valence-electron chi connectivity index (χ2n) is 7.24. The van der Waals surface area contributed by atoms with Crippen molar-refractivity contribution in [3.05, 3.63) is 77.2 Å². The van der Waals surface area contributed by atoms with Gasteiger partial charge in [0.25, 0.3) is 11.7 Å². The van der Waals surface area contributed by atoms with Crippen LogP contribution < -0.4 is 4.74 Å². The van der Waals surface area contributed by atoms with E-state index in [1.165, 1.54) is 17.2 Å². The number of halogens is 1. The first kappa shape index (κ1) is 21.7. The average Bonchev–Trinajstić information content (AvgIpc) is 3.53. The van der Waals surface area contributed by atoms with Gasteiger partial charge in [0.2, 0.25) is 0 Å². The lowest BCUT2D eigenvalue weighted by atomic mass is 9.99. The number of benzene rings is 1. The molecule has 0 aliphatic carbocycles. The maximum Gasteiger partial charge on any atom is 0.295 e. The molecule has 32 heavy (non-hydrogen) atoms. The van der Waals surface area contributed by atoms with Crippen LogP contribution >= 0.6 is 11.6 Å². The van der Waals surface area contributed by atoms with Gasteiger partial charge in [-0.05, 0) is 43.7 Å². The molecule has 0 unspecified atom stereocenters. The van der Waals surface area contributed by atoms with Gasteiger partial charge < -0.3 is 23.7 Å². The number of ketones is 1. The van der Waals surface area contributed by atoms with Crippen LogP contribution in [-0.2, 0) is 16.1 Å². The number of furan rings is 1. The molecule has 8 nitrogen and oxygen atoms in total. The van der Waals surface area contributed by atoms with Crippen LogP contribution in [0, 0.1) is 0 Å². The first-order chi connectivity index (χ1) is 15.5. The van der Waals surface area contributed by atoms with E-state index in [0.29, 0.717) is 48.2 Å². The number of likely N-dealkylation sites (tertiary alicyclic amines) is 1. The molecular weight excluding hydrogens is 434 g/mol. The van der Waals surface area contributed by atoms with Gasteiger partial charge in [-0.1, -0.05) is 11.6 Å². The summed E-state index contributed by atoms with van der Waals surface area (Å²) >= 11 is 6.26. The number of rotatable bonds is 8. The molecule has 3 heterocycles. The highest BCUT2D eigenvalue weighted by molar-refractivity contribution is 6.46. The van der Waals surface area contributed by atoms with Crippen molar-refractivity contribution in [3.8, 4) is 5.75 Å². The number of nitrogens with zero attached hydrogens (tertiary/aromatic N) is 3. The summed E-state index contributed by atoms with van der Waals surface area (Å²) in [5.41, 5.74) is 0.277. The first-order valence-corrected chi connectivity index (χ1v) is 10.6. The number of Topliss-reactive ketones (excluding diaryl/α,β-unsaturated/α-hetero) is 1. The summed E-state index contributed by atoms with van der Waals surface area (Å²) in [4.78, 5) is 31.3. The molecule has 4 rings (SSSR count). The van der Waals surface area contributed by atoms with E-state index in [0.717, 1.165) is 0 Å². The number of imidazole rings is 1. The zero-order valence-electron chi connectivity index (χ0n) is 17.4. The van der Waals surface area contributed by atoms with Crippen molar-refractivity contribution in [3.63, 3.8) is 0 Å². The molecule has 0 radical (unpaired) electrons. The SMILES string of the molecule is CCOc1ccc(/C(O)=C2\C(=O)C(=O)N(CCCn3ccnc3)[C@@H]2c2ccco2)cc1Cl. The lowest BCUT2D eigenvalue weighted by molar-refractivity contribution is -0.140. The van der Waals surface area contributed by atoms with Crippen molar-refractivity contribution in [2.45, 2.75) is 25.9 Å². The Morgan fingerprint density at radius 1 is 1.28 bits per heavy atom. The number of carbonyl (C=O) groups excluding carboxylic acids is 2. The lowest BCUT2D eigenvalue weighted by Gasteiger charge is -2.23. The van der Waals surface area contributed by atoms with E-state index in [-0.39, 0.29) is 11.3 Å². The molecular formula is C23H22ClN3O5. The number of ether oxygens (including phenoxy) is 1. The topological polar surface area (TPSA) is 97.8 Å². The lowest BCUT2D eigenvalue weighted by Crippen LogP contribution is -2.31. The average molecular weight is 456 g/mol. The molecule has 1 fully saturated rings. The number of hydrogen-bond acceptors (Lipinski definition) is 6. The molecule has 1 amide bonds. The number of aryl methyl sites for hydroxylation is 1. The van der Waals surface area contributed by atoms with Crippen LogP contribution in [-0.4, -0.2) is 44.4 Å². The zero-order chi connectivity index (χ0) is 22.7. The van der Waals surface area contributed by atoms with Crippen molar-refractivity contribution >= 4 is 29.1 Å². The molecule has 3 aromatic rings. The molecule has 1 N–H and O–H groups in total. The molecule has 1 aliphatic rings. The Morgan fingerprint density at radius 2 is 2.12 bits per heavy atom. The molecule has 1 aliphatic heterocycles. The fourth-order valence-corrected chi connectivity index (χ4v) is 4.01. The Morgan fingerprint density at radius 3 is 2.78 bits per heavy atom. The number of aliphatic hydroxyl groups is 1. The fraction of sp³-hybridized carbons (Fsp3) is 0.261. The molecule has 1 atom stereocenters. The number of aliphatic hydroxyl groups excluding tert-OH is 1. The summed E-state index contributed by atoms with van der Waals surface area (Å²) in [7, 11) is 0. The normalized spacial score (nSPS) is 17.8. The van der Waals surface area contributed by atoms with Crippen molar-refractivity contribution in [2.75, 3.05) is 13.2 Å². The maximum absolute atomic E-state index is 13.0. The number of aromatic nitrogens is 2. The van der Waals surface area contributed by atoms with Crippen LogP contribution in [0.4, 0.5) is 0 Å². The van der Waals surface area contributed by atoms with E-state index in [1.807, 2.05) is 17.7 Å². The van der Waals surface area contributed by atoms with Gasteiger partial charge >= 0.3 is 0 Å². The molecule has 0 spiro atoms. The van der Waals surface area contributed by atoms with Crippen LogP contribution in [0.15, 0.2) is 65.3 Å². The maximum atomic E-state index is 13.0. The smallest absolute Gasteiger partial charge is 0.295 e. The van der Waals surface area contributed by atoms with E-state index >= 15 is 0 Å². The van der Waals surface area contributed by atoms with Crippen molar-refractivity contribution in [1.29, 1.82) is 0 Å². The molecule has 2 aromatic heterocycles. The summed E-state index contributed by atoms with van der Waals surface area (Å²) < 4.78 is 12.9. The molecule has 1 aromatic carbocycles. The Labute approximate surface area is 189 Å². The quantitative estimate of drug-likeness (QED) is 0.313. The second-order valence-corrected chi connectivity index (χ2v) is 7.65. The molecule has 166 valence electrons. The van der Waals surface area contributed by atoms with Crippen LogP contribution in [0.5, 0.6) is 5.75 Å². The Kier molecular flexibility index (Phi) is 6.32. The highest BCUT2D eigenvalue weighted by Crippen LogP contribution is 2.40. The van der Waals surface area contributed by atoms with Gasteiger partial charge in [0.1, 0.15) is 23.3 Å². The van der Waals surface area contributed by atoms with Crippen LogP contribution in [0.1, 0.15) is 30.7 Å². The van der Waals surface area contributed by atoms with E-state index in [1.54, 1.807) is 36.8 Å². The Bertz CT molecular complexity index is 1140. The monoisotopic (exact) mass is 455 g/mol. The van der Waals surface area contributed by atoms with E-state index in [2.05, 4.69) is 4.98 Å². The predicted molar refractivity (Wildman–Crippen MR) is 117 cm³/mol. The van der Waals surface area contributed by atoms with Gasteiger partial charge in [-0.25, -0.2) is 4.98 Å². The third kappa shape index (κ3) is 4.13. The third-order valence-corrected chi connectivity index (χ3v) is 5.53. The van der Waals surface area contributed by atoms with Crippen LogP contribution in [0.25, 0.3) is 5.76 Å². The van der Waals surface area contributed by atoms with E-state index in [9.17, 15) is 14.7 Å². The fourth-order valence-electron chi connectivity index (χ4n) is 3.77. The third-order valence-electron chi connectivity index (χ3n) is 5.23. The number of carbonyl (C=O) groups is 2. The Hall–Kier alpha value is -3.52. The number of hydrogen-bond donors (Lipinski definition) is 1. The molecule has 1 saturated heterocycles. The van der Waals surface area contributed by atoms with Crippen LogP contribution in [0.2, 0.25) is 5.02 Å². The van der Waals surface area contributed by atoms with Gasteiger partial charge in [0.15, 0.2) is 0 Å². The zero-order valence-corrected chi connectivity index (χ0v) is 18.2. The van der Waals surface area contributed by atoms with E-state index in [4.69, 9.17) is 20.8 Å². The summed E-state index contributed by atoms with van der Waals surface area (Å²) in [6, 6.07) is 7.24. The standard InChI is InChI=1S/C23H22ClN3O5/c1-2-31-17-7-6-15(13-16(17)24)21(28)19-20(18-5-3-12-32-18)27(23(30)22(19)29)10-4-9-26-11-8-25-14-26/h3,5-8,11-14,20,28H,2,4,9-10H2,1H3/b21-19+/t20-/m1/s1. The molecule has 0 bridgehead atoms. The van der Waals surface area contributed by atoms with Gasteiger partial charge in [0, 0.05) is 31.0 Å². The van der Waals surface area contributed by atoms with Gasteiger partial charge in [-0.15, -0.1) is 0 Å². The van der Waals surface area contributed by atoms with Gasteiger partial charge in [-0.3, -0.25) is 9.59 Å². The van der Waals surface area contributed by atoms with Crippen LogP contribution in [0.3, 0.4) is 0 Å².